The van der Waals surface area contributed by atoms with Gasteiger partial charge in [0.2, 0.25) is 0 Å². The van der Waals surface area contributed by atoms with Gasteiger partial charge in [0.05, 0.1) is 10.6 Å². The van der Waals surface area contributed by atoms with Crippen LogP contribution in [0.1, 0.15) is 31.2 Å². The molecule has 1 aliphatic rings. The van der Waals surface area contributed by atoms with E-state index in [-0.39, 0.29) is 11.6 Å². The van der Waals surface area contributed by atoms with Gasteiger partial charge in [-0.2, -0.15) is 0 Å². The topological polar surface area (TPSA) is 48.1 Å². The summed E-state index contributed by atoms with van der Waals surface area (Å²) < 4.78 is 5.83. The highest BCUT2D eigenvalue weighted by atomic mass is 32.1. The second-order valence-corrected chi connectivity index (χ2v) is 5.33. The van der Waals surface area contributed by atoms with E-state index in [0.29, 0.717) is 0 Å². The molecule has 0 spiro atoms. The first-order chi connectivity index (χ1) is 7.21. The molecule has 0 bridgehead atoms. The number of hydrogen-bond acceptors (Lipinski definition) is 4. The molecule has 4 heteroatoms. The molecule has 84 valence electrons. The Hall–Kier alpha value is -0.450. The molecule has 2 N–H and O–H groups in total. The van der Waals surface area contributed by atoms with E-state index in [1.807, 2.05) is 11.6 Å². The van der Waals surface area contributed by atoms with Gasteiger partial charge in [-0.05, 0) is 26.2 Å². The third kappa shape index (κ3) is 2.56. The summed E-state index contributed by atoms with van der Waals surface area (Å²) in [5.41, 5.74) is 6.07. The smallest absolute Gasteiger partial charge is 0.0941 e. The molecule has 1 saturated heterocycles. The van der Waals surface area contributed by atoms with Crippen LogP contribution in [0.15, 0.2) is 11.6 Å². The normalized spacial score (nSPS) is 28.9. The molecule has 1 aromatic heterocycles. The fourth-order valence-corrected chi connectivity index (χ4v) is 2.68. The second kappa shape index (κ2) is 4.60. The van der Waals surface area contributed by atoms with Gasteiger partial charge in [0.25, 0.3) is 0 Å². The Kier molecular flexibility index (Phi) is 3.38. The van der Waals surface area contributed by atoms with Crippen LogP contribution in [0.4, 0.5) is 0 Å². The van der Waals surface area contributed by atoms with Crippen LogP contribution in [0.2, 0.25) is 0 Å². The lowest BCUT2D eigenvalue weighted by Gasteiger charge is -2.38. The molecule has 0 aromatic carbocycles. The highest BCUT2D eigenvalue weighted by Crippen LogP contribution is 2.28. The quantitative estimate of drug-likeness (QED) is 0.857. The summed E-state index contributed by atoms with van der Waals surface area (Å²) in [7, 11) is 0. The zero-order valence-electron chi connectivity index (χ0n) is 9.11. The average molecular weight is 226 g/mol. The van der Waals surface area contributed by atoms with Gasteiger partial charge in [-0.15, -0.1) is 11.3 Å². The maximum absolute atomic E-state index is 6.22. The number of hydrogen-bond donors (Lipinski definition) is 1. The van der Waals surface area contributed by atoms with Gasteiger partial charge in [0.15, 0.2) is 0 Å². The lowest BCUT2D eigenvalue weighted by atomic mass is 9.87. The molecule has 3 nitrogen and oxygen atoms in total. The van der Waals surface area contributed by atoms with Crippen molar-refractivity contribution in [2.45, 2.75) is 44.2 Å². The number of aromatic nitrogens is 1. The van der Waals surface area contributed by atoms with Crippen LogP contribution >= 0.6 is 11.3 Å². The van der Waals surface area contributed by atoms with Crippen molar-refractivity contribution >= 4 is 11.3 Å². The zero-order valence-corrected chi connectivity index (χ0v) is 9.93. The predicted molar refractivity (Wildman–Crippen MR) is 62.0 cm³/mol. The van der Waals surface area contributed by atoms with E-state index in [9.17, 15) is 0 Å². The third-order valence-corrected chi connectivity index (χ3v) is 3.96. The van der Waals surface area contributed by atoms with E-state index in [2.05, 4.69) is 11.9 Å². The van der Waals surface area contributed by atoms with E-state index in [1.54, 1.807) is 11.3 Å². The van der Waals surface area contributed by atoms with Gasteiger partial charge >= 0.3 is 0 Å². The van der Waals surface area contributed by atoms with Crippen LogP contribution in [0.25, 0.3) is 0 Å². The van der Waals surface area contributed by atoms with Gasteiger partial charge in [0.1, 0.15) is 0 Å². The van der Waals surface area contributed by atoms with Gasteiger partial charge in [-0.1, -0.05) is 0 Å². The monoisotopic (exact) mass is 226 g/mol. The summed E-state index contributed by atoms with van der Waals surface area (Å²) in [6.45, 7) is 2.98. The molecule has 0 saturated carbocycles. The summed E-state index contributed by atoms with van der Waals surface area (Å²) >= 11 is 1.67. The van der Waals surface area contributed by atoms with Crippen molar-refractivity contribution in [3.63, 3.8) is 0 Å². The highest BCUT2D eigenvalue weighted by Gasteiger charge is 2.34. The predicted octanol–water partition coefficient (Wildman–Crippen LogP) is 1.97. The van der Waals surface area contributed by atoms with E-state index in [1.165, 1.54) is 12.8 Å². The van der Waals surface area contributed by atoms with Crippen LogP contribution < -0.4 is 5.73 Å². The lowest BCUT2D eigenvalue weighted by Crippen LogP contribution is -2.50. The van der Waals surface area contributed by atoms with Crippen molar-refractivity contribution in [3.05, 3.63) is 16.6 Å². The largest absolute Gasteiger partial charge is 0.374 e. The highest BCUT2D eigenvalue weighted by molar-refractivity contribution is 7.09. The van der Waals surface area contributed by atoms with Crippen molar-refractivity contribution in [2.24, 2.45) is 5.73 Å². The van der Waals surface area contributed by atoms with Crippen LogP contribution in [0.5, 0.6) is 0 Å². The molecule has 15 heavy (non-hydrogen) atoms. The molecule has 2 atom stereocenters. The fraction of sp³-hybridized carbons (Fsp3) is 0.727. The zero-order chi connectivity index (χ0) is 10.7. The summed E-state index contributed by atoms with van der Waals surface area (Å²) in [4.78, 5) is 4.27. The summed E-state index contributed by atoms with van der Waals surface area (Å²) in [5, 5.41) is 3.10. The fourth-order valence-electron chi connectivity index (χ4n) is 2.01. The van der Waals surface area contributed by atoms with Crippen molar-refractivity contribution in [1.29, 1.82) is 0 Å². The molecule has 1 aliphatic heterocycles. The molecule has 0 aliphatic carbocycles. The number of nitrogens with zero attached hydrogens (tertiary/aromatic N) is 1. The Bertz CT molecular complexity index is 294. The molecular weight excluding hydrogens is 208 g/mol. The first-order valence-corrected chi connectivity index (χ1v) is 6.36. The minimum absolute atomic E-state index is 0.0592. The molecule has 2 heterocycles. The molecule has 0 amide bonds. The number of ether oxygens (including phenoxy) is 1. The lowest BCUT2D eigenvalue weighted by molar-refractivity contribution is -0.0808. The minimum atomic E-state index is -0.149. The second-order valence-electron chi connectivity index (χ2n) is 4.35. The van der Waals surface area contributed by atoms with Crippen LogP contribution in [0, 0.1) is 0 Å². The molecular formula is C11H18N2OS. The summed E-state index contributed by atoms with van der Waals surface area (Å²) in [6, 6.07) is 0.0592. The van der Waals surface area contributed by atoms with Gasteiger partial charge in [-0.25, -0.2) is 4.98 Å². The van der Waals surface area contributed by atoms with E-state index in [0.717, 1.165) is 24.5 Å². The van der Waals surface area contributed by atoms with Gasteiger partial charge in [0, 0.05) is 30.6 Å². The minimum Gasteiger partial charge on any atom is -0.374 e. The Balaban J connectivity index is 1.97. The molecule has 2 unspecified atom stereocenters. The van der Waals surface area contributed by atoms with Gasteiger partial charge in [-0.3, -0.25) is 0 Å². The number of nitrogens with two attached hydrogens (primary N) is 1. The first kappa shape index (κ1) is 11.0. The number of thiazole rings is 1. The summed E-state index contributed by atoms with van der Waals surface area (Å²) in [5.74, 6) is 0. The van der Waals surface area contributed by atoms with E-state index in [4.69, 9.17) is 10.5 Å². The Morgan fingerprint density at radius 1 is 1.67 bits per heavy atom. The van der Waals surface area contributed by atoms with Crippen molar-refractivity contribution < 1.29 is 4.74 Å². The molecule has 1 aromatic rings. The number of rotatable bonds is 3. The standard InChI is InChI=1S/C11H18N2OS/c1-11(4-2-3-6-14-11)9(12)8-10-13-5-7-15-10/h5,7,9H,2-4,6,8,12H2,1H3. The third-order valence-electron chi connectivity index (χ3n) is 3.16. The Morgan fingerprint density at radius 2 is 2.53 bits per heavy atom. The van der Waals surface area contributed by atoms with Crippen molar-refractivity contribution in [1.82, 2.24) is 4.98 Å². The van der Waals surface area contributed by atoms with Crippen LogP contribution in [0.3, 0.4) is 0 Å². The maximum Gasteiger partial charge on any atom is 0.0941 e. The van der Waals surface area contributed by atoms with Crippen LogP contribution in [-0.2, 0) is 11.2 Å². The van der Waals surface area contributed by atoms with E-state index < -0.39 is 0 Å². The maximum atomic E-state index is 6.22. The van der Waals surface area contributed by atoms with Gasteiger partial charge < -0.3 is 10.5 Å². The Morgan fingerprint density at radius 3 is 3.13 bits per heavy atom. The molecule has 1 fully saturated rings. The van der Waals surface area contributed by atoms with E-state index >= 15 is 0 Å². The first-order valence-electron chi connectivity index (χ1n) is 5.49. The van der Waals surface area contributed by atoms with Crippen molar-refractivity contribution in [2.75, 3.05) is 6.61 Å². The summed E-state index contributed by atoms with van der Waals surface area (Å²) in [6.07, 6.45) is 6.12. The molecule has 0 radical (unpaired) electrons. The average Bonchev–Trinajstić information content (AvgIpc) is 2.71. The SMILES string of the molecule is CC1(C(N)Cc2nccs2)CCCCO1. The Labute approximate surface area is 94.7 Å². The molecule has 2 rings (SSSR count). The van der Waals surface area contributed by atoms with Crippen LogP contribution in [-0.4, -0.2) is 23.2 Å². The van der Waals surface area contributed by atoms with Crippen molar-refractivity contribution in [3.8, 4) is 0 Å².